The summed E-state index contributed by atoms with van der Waals surface area (Å²) in [7, 11) is 1.86. The van der Waals surface area contributed by atoms with Crippen molar-refractivity contribution in [1.82, 2.24) is 9.80 Å². The summed E-state index contributed by atoms with van der Waals surface area (Å²) in [5.41, 5.74) is 1.11. The lowest BCUT2D eigenvalue weighted by molar-refractivity contribution is -0.139. The predicted octanol–water partition coefficient (Wildman–Crippen LogP) is 1.91. The van der Waals surface area contributed by atoms with Gasteiger partial charge in [-0.05, 0) is 13.0 Å². The van der Waals surface area contributed by atoms with Crippen LogP contribution in [-0.2, 0) is 11.3 Å². The van der Waals surface area contributed by atoms with Crippen LogP contribution in [0.5, 0.6) is 5.75 Å². The van der Waals surface area contributed by atoms with Crippen molar-refractivity contribution in [1.29, 1.82) is 0 Å². The molecule has 0 radical (unpaired) electrons. The van der Waals surface area contributed by atoms with Gasteiger partial charge in [-0.15, -0.1) is 0 Å². The van der Waals surface area contributed by atoms with Crippen LogP contribution in [0.2, 0.25) is 0 Å². The smallest absolute Gasteiger partial charge is 0.239 e. The summed E-state index contributed by atoms with van der Waals surface area (Å²) in [4.78, 5) is 16.0. The molecule has 0 bridgehead atoms. The minimum Gasteiger partial charge on any atom is -0.489 e. The van der Waals surface area contributed by atoms with Crippen LogP contribution in [0.15, 0.2) is 36.9 Å². The fourth-order valence-corrected chi connectivity index (χ4v) is 2.42. The fraction of sp³-hybridized carbons (Fsp3) is 0.438. The highest BCUT2D eigenvalue weighted by atomic mass is 16.5. The van der Waals surface area contributed by atoms with E-state index < -0.39 is 0 Å². The molecule has 4 heteroatoms. The average Bonchev–Trinajstić information content (AvgIpc) is 2.47. The second kappa shape index (κ2) is 6.57. The van der Waals surface area contributed by atoms with Crippen molar-refractivity contribution in [2.24, 2.45) is 0 Å². The summed E-state index contributed by atoms with van der Waals surface area (Å²) in [6, 6.07) is 7.88. The van der Waals surface area contributed by atoms with Crippen molar-refractivity contribution in [3.63, 3.8) is 0 Å². The quantitative estimate of drug-likeness (QED) is 0.769. The van der Waals surface area contributed by atoms with E-state index in [9.17, 15) is 4.79 Å². The molecule has 2 rings (SSSR count). The van der Waals surface area contributed by atoms with Gasteiger partial charge in [0.1, 0.15) is 12.4 Å². The molecule has 0 saturated carbocycles. The number of nitrogens with zero attached hydrogens (tertiary/aromatic N) is 2. The molecule has 1 heterocycles. The fourth-order valence-electron chi connectivity index (χ4n) is 2.42. The number of rotatable bonds is 5. The molecule has 1 amide bonds. The summed E-state index contributed by atoms with van der Waals surface area (Å²) >= 11 is 0. The molecule has 1 aliphatic rings. The number of hydrogen-bond donors (Lipinski definition) is 0. The van der Waals surface area contributed by atoms with Gasteiger partial charge in [0.2, 0.25) is 5.91 Å². The number of ether oxygens (including phenoxy) is 1. The lowest BCUT2D eigenvalue weighted by Gasteiger charge is -2.37. The van der Waals surface area contributed by atoms with Crippen LogP contribution in [-0.4, -0.2) is 48.5 Å². The first kappa shape index (κ1) is 14.6. The van der Waals surface area contributed by atoms with E-state index in [-0.39, 0.29) is 11.9 Å². The van der Waals surface area contributed by atoms with Gasteiger partial charge in [0.15, 0.2) is 0 Å². The molecular formula is C16H22N2O2. The topological polar surface area (TPSA) is 32.8 Å². The Balaban J connectivity index is 2.09. The maximum atomic E-state index is 12.0. The van der Waals surface area contributed by atoms with Crippen molar-refractivity contribution in [3.8, 4) is 5.75 Å². The van der Waals surface area contributed by atoms with Gasteiger partial charge >= 0.3 is 0 Å². The number of hydrogen-bond acceptors (Lipinski definition) is 3. The first-order valence-corrected chi connectivity index (χ1v) is 6.94. The van der Waals surface area contributed by atoms with Crippen molar-refractivity contribution >= 4 is 5.91 Å². The number of piperazine rings is 1. The van der Waals surface area contributed by atoms with Crippen LogP contribution in [0.25, 0.3) is 0 Å². The highest BCUT2D eigenvalue weighted by Gasteiger charge is 2.29. The molecule has 0 N–H and O–H groups in total. The SMILES string of the molecule is C=CCOc1ccccc1CN1CCN(C)C(=O)[C@@H]1C. The van der Waals surface area contributed by atoms with Crippen molar-refractivity contribution in [3.05, 3.63) is 42.5 Å². The van der Waals surface area contributed by atoms with Gasteiger partial charge in [-0.25, -0.2) is 0 Å². The van der Waals surface area contributed by atoms with Gasteiger partial charge in [0.05, 0.1) is 6.04 Å². The normalized spacial score (nSPS) is 20.0. The van der Waals surface area contributed by atoms with E-state index in [1.165, 1.54) is 0 Å². The molecule has 20 heavy (non-hydrogen) atoms. The second-order valence-corrected chi connectivity index (χ2v) is 5.11. The Morgan fingerprint density at radius 1 is 1.40 bits per heavy atom. The van der Waals surface area contributed by atoms with E-state index in [4.69, 9.17) is 4.74 Å². The second-order valence-electron chi connectivity index (χ2n) is 5.11. The Bertz CT molecular complexity index is 487. The minimum absolute atomic E-state index is 0.0822. The number of para-hydroxylation sites is 1. The Morgan fingerprint density at radius 2 is 2.15 bits per heavy atom. The zero-order valence-electron chi connectivity index (χ0n) is 12.2. The molecule has 0 unspecified atom stereocenters. The van der Waals surface area contributed by atoms with E-state index in [1.807, 2.05) is 38.2 Å². The zero-order chi connectivity index (χ0) is 14.5. The predicted molar refractivity (Wildman–Crippen MR) is 79.6 cm³/mol. The first-order chi connectivity index (χ1) is 9.63. The lowest BCUT2D eigenvalue weighted by Crippen LogP contribution is -2.53. The van der Waals surface area contributed by atoms with Crippen molar-refractivity contribution in [2.75, 3.05) is 26.7 Å². The third-order valence-corrected chi connectivity index (χ3v) is 3.71. The van der Waals surface area contributed by atoms with E-state index >= 15 is 0 Å². The van der Waals surface area contributed by atoms with Gasteiger partial charge in [-0.1, -0.05) is 30.9 Å². The van der Waals surface area contributed by atoms with Crippen molar-refractivity contribution in [2.45, 2.75) is 19.5 Å². The highest BCUT2D eigenvalue weighted by Crippen LogP contribution is 2.22. The monoisotopic (exact) mass is 274 g/mol. The first-order valence-electron chi connectivity index (χ1n) is 6.94. The maximum absolute atomic E-state index is 12.0. The largest absolute Gasteiger partial charge is 0.489 e. The van der Waals surface area contributed by atoms with Crippen molar-refractivity contribution < 1.29 is 9.53 Å². The summed E-state index contributed by atoms with van der Waals surface area (Å²) in [5.74, 6) is 1.05. The Labute approximate surface area is 120 Å². The van der Waals surface area contributed by atoms with E-state index in [1.54, 1.807) is 11.0 Å². The van der Waals surface area contributed by atoms with Gasteiger partial charge in [-0.3, -0.25) is 9.69 Å². The molecule has 0 spiro atoms. The summed E-state index contributed by atoms with van der Waals surface area (Å²) in [5, 5.41) is 0. The molecule has 1 fully saturated rings. The third-order valence-electron chi connectivity index (χ3n) is 3.71. The molecule has 0 aliphatic carbocycles. The number of benzene rings is 1. The van der Waals surface area contributed by atoms with Gasteiger partial charge < -0.3 is 9.64 Å². The van der Waals surface area contributed by atoms with Crippen LogP contribution in [0.1, 0.15) is 12.5 Å². The minimum atomic E-state index is -0.0822. The van der Waals surface area contributed by atoms with Crippen LogP contribution < -0.4 is 4.74 Å². The van der Waals surface area contributed by atoms with Crippen LogP contribution >= 0.6 is 0 Å². The van der Waals surface area contributed by atoms with E-state index in [0.717, 1.165) is 30.9 Å². The van der Waals surface area contributed by atoms with Crippen LogP contribution in [0.3, 0.4) is 0 Å². The third kappa shape index (κ3) is 3.20. The summed E-state index contributed by atoms with van der Waals surface area (Å²) in [6.07, 6.45) is 1.73. The molecule has 1 aromatic carbocycles. The van der Waals surface area contributed by atoms with Gasteiger partial charge in [0, 0.05) is 32.2 Å². The number of amides is 1. The Morgan fingerprint density at radius 3 is 2.90 bits per heavy atom. The Hall–Kier alpha value is -1.81. The molecule has 1 aromatic rings. The van der Waals surface area contributed by atoms with Gasteiger partial charge in [0.25, 0.3) is 0 Å². The number of likely N-dealkylation sites (N-methyl/N-ethyl adjacent to an activating group) is 1. The summed E-state index contributed by atoms with van der Waals surface area (Å²) < 4.78 is 5.67. The van der Waals surface area contributed by atoms with E-state index in [2.05, 4.69) is 11.5 Å². The molecule has 108 valence electrons. The molecular weight excluding hydrogens is 252 g/mol. The maximum Gasteiger partial charge on any atom is 0.239 e. The molecule has 0 aromatic heterocycles. The highest BCUT2D eigenvalue weighted by molar-refractivity contribution is 5.81. The standard InChI is InChI=1S/C16H22N2O2/c1-4-11-20-15-8-6-5-7-14(15)12-18-10-9-17(3)16(19)13(18)2/h4-8,13H,1,9-12H2,2-3H3/t13-/m0/s1. The van der Waals surface area contributed by atoms with Crippen LogP contribution in [0.4, 0.5) is 0 Å². The van der Waals surface area contributed by atoms with Gasteiger partial charge in [-0.2, -0.15) is 0 Å². The average molecular weight is 274 g/mol. The number of carbonyl (C=O) groups is 1. The van der Waals surface area contributed by atoms with Crippen LogP contribution in [0, 0.1) is 0 Å². The zero-order valence-corrected chi connectivity index (χ0v) is 12.2. The number of carbonyl (C=O) groups excluding carboxylic acids is 1. The lowest BCUT2D eigenvalue weighted by atomic mass is 10.1. The van der Waals surface area contributed by atoms with E-state index in [0.29, 0.717) is 6.61 Å². The molecule has 4 nitrogen and oxygen atoms in total. The molecule has 1 aliphatic heterocycles. The summed E-state index contributed by atoms with van der Waals surface area (Å²) in [6.45, 7) is 8.52. The molecule has 1 saturated heterocycles. The Kier molecular flexibility index (Phi) is 4.79. The molecule has 1 atom stereocenters.